The molecular formula is C17H27NO3. The summed E-state index contributed by atoms with van der Waals surface area (Å²) in [5, 5.41) is 13.4. The smallest absolute Gasteiger partial charge is 0.162 e. The first-order valence-electron chi connectivity index (χ1n) is 8.07. The van der Waals surface area contributed by atoms with Crippen LogP contribution >= 0.6 is 0 Å². The summed E-state index contributed by atoms with van der Waals surface area (Å²) in [7, 11) is 0. The number of nitrogens with one attached hydrogen (secondary N) is 1. The predicted molar refractivity (Wildman–Crippen MR) is 83.8 cm³/mol. The van der Waals surface area contributed by atoms with Gasteiger partial charge in [0.25, 0.3) is 0 Å². The van der Waals surface area contributed by atoms with Gasteiger partial charge in [-0.15, -0.1) is 0 Å². The lowest BCUT2D eigenvalue weighted by molar-refractivity contribution is 0.0302. The molecule has 1 aliphatic carbocycles. The van der Waals surface area contributed by atoms with E-state index in [1.54, 1.807) is 6.07 Å². The van der Waals surface area contributed by atoms with Gasteiger partial charge in [0.15, 0.2) is 11.5 Å². The van der Waals surface area contributed by atoms with Crippen LogP contribution in [0, 0.1) is 0 Å². The molecule has 0 atom stereocenters. The van der Waals surface area contributed by atoms with Crippen molar-refractivity contribution in [2.75, 3.05) is 19.8 Å². The van der Waals surface area contributed by atoms with Crippen LogP contribution in [0.15, 0.2) is 18.2 Å². The molecule has 0 amide bonds. The summed E-state index contributed by atoms with van der Waals surface area (Å²) >= 11 is 0. The van der Waals surface area contributed by atoms with Crippen molar-refractivity contribution in [1.29, 1.82) is 0 Å². The number of phenolic OH excluding ortho intramolecular Hbond substituents is 1. The first-order chi connectivity index (χ1) is 10.3. The number of aromatic hydroxyl groups is 1. The molecule has 0 bridgehead atoms. The van der Waals surface area contributed by atoms with Crippen molar-refractivity contribution >= 4 is 0 Å². The molecule has 1 fully saturated rings. The quantitative estimate of drug-likeness (QED) is 0.723. The predicted octanol–water partition coefficient (Wildman–Crippen LogP) is 3.23. The number of hydrogen-bond acceptors (Lipinski definition) is 4. The SMILES string of the molecule is CCOc1cccc(CNCCOC2CCCCC2)c1O. The van der Waals surface area contributed by atoms with Crippen molar-refractivity contribution in [3.63, 3.8) is 0 Å². The molecule has 4 heteroatoms. The van der Waals surface area contributed by atoms with Crippen LogP contribution in [-0.4, -0.2) is 31.0 Å². The highest BCUT2D eigenvalue weighted by molar-refractivity contribution is 5.45. The van der Waals surface area contributed by atoms with E-state index in [1.165, 1.54) is 32.1 Å². The Hall–Kier alpha value is -1.26. The Labute approximate surface area is 127 Å². The van der Waals surface area contributed by atoms with Gasteiger partial charge >= 0.3 is 0 Å². The minimum atomic E-state index is 0.236. The van der Waals surface area contributed by atoms with Gasteiger partial charge in [-0.25, -0.2) is 0 Å². The van der Waals surface area contributed by atoms with Gasteiger partial charge < -0.3 is 19.9 Å². The summed E-state index contributed by atoms with van der Waals surface area (Å²) in [6, 6.07) is 5.60. The van der Waals surface area contributed by atoms with Crippen LogP contribution in [-0.2, 0) is 11.3 Å². The lowest BCUT2D eigenvalue weighted by Gasteiger charge is -2.22. The molecule has 2 N–H and O–H groups in total. The van der Waals surface area contributed by atoms with Crippen molar-refractivity contribution in [2.24, 2.45) is 0 Å². The van der Waals surface area contributed by atoms with E-state index in [4.69, 9.17) is 9.47 Å². The van der Waals surface area contributed by atoms with Gasteiger partial charge in [-0.2, -0.15) is 0 Å². The molecule has 0 aromatic heterocycles. The third-order valence-electron chi connectivity index (χ3n) is 3.88. The first kappa shape index (κ1) is 16.1. The third kappa shape index (κ3) is 5.21. The van der Waals surface area contributed by atoms with Gasteiger partial charge in [-0.3, -0.25) is 0 Å². The van der Waals surface area contributed by atoms with E-state index in [2.05, 4.69) is 5.32 Å². The van der Waals surface area contributed by atoms with Crippen molar-refractivity contribution in [2.45, 2.75) is 51.7 Å². The second kappa shape index (κ2) is 8.90. The Bertz CT molecular complexity index is 416. The zero-order chi connectivity index (χ0) is 14.9. The highest BCUT2D eigenvalue weighted by atomic mass is 16.5. The summed E-state index contributed by atoms with van der Waals surface area (Å²) in [4.78, 5) is 0. The molecular weight excluding hydrogens is 266 g/mol. The first-order valence-corrected chi connectivity index (χ1v) is 8.07. The van der Waals surface area contributed by atoms with E-state index in [1.807, 2.05) is 19.1 Å². The summed E-state index contributed by atoms with van der Waals surface area (Å²) in [5.74, 6) is 0.787. The molecule has 1 aromatic rings. The molecule has 21 heavy (non-hydrogen) atoms. The molecule has 1 saturated carbocycles. The minimum Gasteiger partial charge on any atom is -0.504 e. The van der Waals surface area contributed by atoms with Crippen LogP contribution < -0.4 is 10.1 Å². The molecule has 0 aliphatic heterocycles. The van der Waals surface area contributed by atoms with Crippen LogP contribution in [0.4, 0.5) is 0 Å². The average Bonchev–Trinajstić information content (AvgIpc) is 2.51. The summed E-state index contributed by atoms with van der Waals surface area (Å²) in [6.07, 6.45) is 6.82. The van der Waals surface area contributed by atoms with E-state index in [-0.39, 0.29) is 5.75 Å². The van der Waals surface area contributed by atoms with Gasteiger partial charge in [0, 0.05) is 18.7 Å². The maximum Gasteiger partial charge on any atom is 0.162 e. The average molecular weight is 293 g/mol. The highest BCUT2D eigenvalue weighted by Crippen LogP contribution is 2.29. The Morgan fingerprint density at radius 1 is 1.24 bits per heavy atom. The fourth-order valence-corrected chi connectivity index (χ4v) is 2.74. The third-order valence-corrected chi connectivity index (χ3v) is 3.88. The van der Waals surface area contributed by atoms with Crippen molar-refractivity contribution in [1.82, 2.24) is 5.32 Å². The van der Waals surface area contributed by atoms with Gasteiger partial charge in [0.1, 0.15) is 0 Å². The summed E-state index contributed by atoms with van der Waals surface area (Å²) in [6.45, 7) is 4.62. The lowest BCUT2D eigenvalue weighted by Crippen LogP contribution is -2.24. The largest absolute Gasteiger partial charge is 0.504 e. The van der Waals surface area contributed by atoms with Crippen LogP contribution in [0.2, 0.25) is 0 Å². The van der Waals surface area contributed by atoms with Crippen molar-refractivity contribution in [3.05, 3.63) is 23.8 Å². The Morgan fingerprint density at radius 2 is 2.05 bits per heavy atom. The molecule has 0 radical (unpaired) electrons. The van der Waals surface area contributed by atoms with E-state index in [0.29, 0.717) is 25.0 Å². The van der Waals surface area contributed by atoms with Gasteiger partial charge in [-0.05, 0) is 25.8 Å². The molecule has 4 nitrogen and oxygen atoms in total. The zero-order valence-corrected chi connectivity index (χ0v) is 12.9. The van der Waals surface area contributed by atoms with Crippen LogP contribution in [0.3, 0.4) is 0 Å². The minimum absolute atomic E-state index is 0.236. The maximum absolute atomic E-state index is 10.1. The number of para-hydroxylation sites is 1. The van der Waals surface area contributed by atoms with Gasteiger partial charge in [-0.1, -0.05) is 31.4 Å². The van der Waals surface area contributed by atoms with Crippen molar-refractivity contribution < 1.29 is 14.6 Å². The molecule has 0 heterocycles. The number of hydrogen-bond donors (Lipinski definition) is 2. The van der Waals surface area contributed by atoms with Crippen LogP contribution in [0.1, 0.15) is 44.6 Å². The molecule has 0 saturated heterocycles. The van der Waals surface area contributed by atoms with E-state index >= 15 is 0 Å². The summed E-state index contributed by atoms with van der Waals surface area (Å²) < 4.78 is 11.2. The van der Waals surface area contributed by atoms with E-state index in [0.717, 1.165) is 18.7 Å². The van der Waals surface area contributed by atoms with Crippen LogP contribution in [0.5, 0.6) is 11.5 Å². The van der Waals surface area contributed by atoms with E-state index in [9.17, 15) is 5.11 Å². The topological polar surface area (TPSA) is 50.7 Å². The molecule has 2 rings (SSSR count). The number of ether oxygens (including phenoxy) is 2. The monoisotopic (exact) mass is 293 g/mol. The Kier molecular flexibility index (Phi) is 6.83. The fraction of sp³-hybridized carbons (Fsp3) is 0.647. The summed E-state index contributed by atoms with van der Waals surface area (Å²) in [5.41, 5.74) is 0.860. The van der Waals surface area contributed by atoms with Gasteiger partial charge in [0.05, 0.1) is 19.3 Å². The molecule has 0 unspecified atom stereocenters. The number of rotatable bonds is 8. The normalized spacial score (nSPS) is 16.0. The molecule has 0 spiro atoms. The number of benzene rings is 1. The second-order valence-corrected chi connectivity index (χ2v) is 5.50. The fourth-order valence-electron chi connectivity index (χ4n) is 2.74. The molecule has 1 aliphatic rings. The lowest BCUT2D eigenvalue weighted by atomic mass is 9.98. The van der Waals surface area contributed by atoms with Crippen LogP contribution in [0.25, 0.3) is 0 Å². The second-order valence-electron chi connectivity index (χ2n) is 5.50. The Morgan fingerprint density at radius 3 is 2.81 bits per heavy atom. The highest BCUT2D eigenvalue weighted by Gasteiger charge is 2.13. The standard InChI is InChI=1S/C17H27NO3/c1-2-20-16-10-6-7-14(17(16)19)13-18-11-12-21-15-8-4-3-5-9-15/h6-7,10,15,18-19H,2-5,8-9,11-13H2,1H3. The van der Waals surface area contributed by atoms with E-state index < -0.39 is 0 Å². The van der Waals surface area contributed by atoms with Crippen molar-refractivity contribution in [3.8, 4) is 11.5 Å². The Balaban J connectivity index is 1.67. The molecule has 118 valence electrons. The number of phenols is 1. The molecule has 1 aromatic carbocycles. The zero-order valence-electron chi connectivity index (χ0n) is 12.9. The van der Waals surface area contributed by atoms with Gasteiger partial charge in [0.2, 0.25) is 0 Å². The maximum atomic E-state index is 10.1.